The molecule has 0 atom stereocenters. The monoisotopic (exact) mass is 317 g/mol. The van der Waals surface area contributed by atoms with Gasteiger partial charge in [-0.1, -0.05) is 12.1 Å². The molecular formula is C16H16FN3OS. The lowest BCUT2D eigenvalue weighted by Crippen LogP contribution is -2.19. The van der Waals surface area contributed by atoms with Gasteiger partial charge in [0.2, 0.25) is 0 Å². The van der Waals surface area contributed by atoms with E-state index in [0.29, 0.717) is 16.1 Å². The average Bonchev–Trinajstić information content (AvgIpc) is 3.21. The maximum atomic E-state index is 14.1. The number of halogens is 1. The lowest BCUT2D eigenvalue weighted by atomic mass is 10.2. The Morgan fingerprint density at radius 2 is 2.14 bits per heavy atom. The van der Waals surface area contributed by atoms with Crippen LogP contribution >= 0.6 is 11.3 Å². The first kappa shape index (κ1) is 14.7. The summed E-state index contributed by atoms with van der Waals surface area (Å²) in [6, 6.07) is 8.53. The van der Waals surface area contributed by atoms with Gasteiger partial charge >= 0.3 is 0 Å². The second-order valence-electron chi connectivity index (χ2n) is 5.08. The molecule has 1 fully saturated rings. The molecule has 3 rings (SSSR count). The van der Waals surface area contributed by atoms with Crippen molar-refractivity contribution < 1.29 is 9.18 Å². The Morgan fingerprint density at radius 3 is 2.82 bits per heavy atom. The number of nitrogens with one attached hydrogen (secondary N) is 1. The highest BCUT2D eigenvalue weighted by Crippen LogP contribution is 2.23. The van der Waals surface area contributed by atoms with Crippen molar-refractivity contribution in [2.45, 2.75) is 12.8 Å². The molecule has 0 radical (unpaired) electrons. The predicted octanol–water partition coefficient (Wildman–Crippen LogP) is 3.25. The summed E-state index contributed by atoms with van der Waals surface area (Å²) in [7, 11) is 0. The van der Waals surface area contributed by atoms with Gasteiger partial charge in [-0.2, -0.15) is 5.10 Å². The standard InChI is InChI=1S/C16H16FN3OS/c17-13-10-12(5-6-14(13)20-7-1-2-8-20)11-18-19-16(21)15-4-3-9-22-15/h3-6,9-11H,1-2,7-8H2,(H,19,21)/b18-11+. The van der Waals surface area contributed by atoms with Crippen LogP contribution in [-0.2, 0) is 0 Å². The Balaban J connectivity index is 1.64. The van der Waals surface area contributed by atoms with Crippen molar-refractivity contribution in [3.63, 3.8) is 0 Å². The summed E-state index contributed by atoms with van der Waals surface area (Å²) in [4.78, 5) is 14.3. The van der Waals surface area contributed by atoms with E-state index in [-0.39, 0.29) is 11.7 Å². The first-order chi connectivity index (χ1) is 10.7. The van der Waals surface area contributed by atoms with Crippen LogP contribution in [0.1, 0.15) is 28.1 Å². The van der Waals surface area contributed by atoms with Gasteiger partial charge in [-0.15, -0.1) is 11.3 Å². The first-order valence-corrected chi connectivity index (χ1v) is 8.03. The van der Waals surface area contributed by atoms with Gasteiger partial charge in [0.05, 0.1) is 16.8 Å². The zero-order valence-corrected chi connectivity index (χ0v) is 12.8. The van der Waals surface area contributed by atoms with Crippen molar-refractivity contribution in [2.75, 3.05) is 18.0 Å². The molecule has 0 unspecified atom stereocenters. The molecule has 1 aliphatic rings. The number of amides is 1. The van der Waals surface area contributed by atoms with E-state index in [4.69, 9.17) is 0 Å². The minimum atomic E-state index is -0.264. The molecule has 1 saturated heterocycles. The Kier molecular flexibility index (Phi) is 4.48. The van der Waals surface area contributed by atoms with Crippen LogP contribution < -0.4 is 10.3 Å². The highest BCUT2D eigenvalue weighted by Gasteiger charge is 2.15. The summed E-state index contributed by atoms with van der Waals surface area (Å²) in [5, 5.41) is 5.69. The van der Waals surface area contributed by atoms with Gasteiger partial charge in [0.15, 0.2) is 0 Å². The third-order valence-corrected chi connectivity index (χ3v) is 4.41. The molecule has 0 saturated carbocycles. The molecule has 114 valence electrons. The Morgan fingerprint density at radius 1 is 1.32 bits per heavy atom. The number of carbonyl (C=O) groups is 1. The Labute approximate surface area is 132 Å². The zero-order valence-electron chi connectivity index (χ0n) is 12.0. The SMILES string of the molecule is O=C(N/N=C/c1ccc(N2CCCC2)c(F)c1)c1cccs1. The van der Waals surface area contributed by atoms with Gasteiger partial charge in [-0.25, -0.2) is 9.82 Å². The first-order valence-electron chi connectivity index (χ1n) is 7.15. The fourth-order valence-electron chi connectivity index (χ4n) is 2.45. The van der Waals surface area contributed by atoms with Crippen LogP contribution in [0.2, 0.25) is 0 Å². The van der Waals surface area contributed by atoms with Gasteiger partial charge < -0.3 is 4.90 Å². The zero-order chi connectivity index (χ0) is 15.4. The van der Waals surface area contributed by atoms with Crippen LogP contribution in [0.5, 0.6) is 0 Å². The van der Waals surface area contributed by atoms with E-state index in [9.17, 15) is 9.18 Å². The molecule has 22 heavy (non-hydrogen) atoms. The summed E-state index contributed by atoms with van der Waals surface area (Å²) in [5.74, 6) is -0.518. The average molecular weight is 317 g/mol. The number of carbonyl (C=O) groups excluding carboxylic acids is 1. The topological polar surface area (TPSA) is 44.7 Å². The predicted molar refractivity (Wildman–Crippen MR) is 87.2 cm³/mol. The largest absolute Gasteiger partial charge is 0.369 e. The maximum absolute atomic E-state index is 14.1. The van der Waals surface area contributed by atoms with Crippen molar-refractivity contribution in [3.8, 4) is 0 Å². The molecule has 1 aromatic carbocycles. The molecular weight excluding hydrogens is 301 g/mol. The maximum Gasteiger partial charge on any atom is 0.281 e. The molecule has 6 heteroatoms. The van der Waals surface area contributed by atoms with Crippen LogP contribution in [0.4, 0.5) is 10.1 Å². The second-order valence-corrected chi connectivity index (χ2v) is 6.03. The van der Waals surface area contributed by atoms with Crippen LogP contribution in [0.3, 0.4) is 0 Å². The summed E-state index contributed by atoms with van der Waals surface area (Å²) in [6.07, 6.45) is 3.66. The van der Waals surface area contributed by atoms with E-state index in [1.165, 1.54) is 23.6 Å². The molecule has 1 N–H and O–H groups in total. The van der Waals surface area contributed by atoms with Gasteiger partial charge in [0, 0.05) is 13.1 Å². The molecule has 0 spiro atoms. The molecule has 2 aromatic rings. The van der Waals surface area contributed by atoms with E-state index >= 15 is 0 Å². The summed E-state index contributed by atoms with van der Waals surface area (Å²) in [5.41, 5.74) is 3.68. The third-order valence-electron chi connectivity index (χ3n) is 3.54. The molecule has 2 heterocycles. The minimum absolute atomic E-state index is 0.254. The summed E-state index contributed by atoms with van der Waals surface area (Å²) < 4.78 is 14.1. The number of benzene rings is 1. The van der Waals surface area contributed by atoms with E-state index < -0.39 is 0 Å². The van der Waals surface area contributed by atoms with Crippen LogP contribution in [0, 0.1) is 5.82 Å². The number of rotatable bonds is 4. The van der Waals surface area contributed by atoms with E-state index in [1.54, 1.807) is 24.3 Å². The van der Waals surface area contributed by atoms with E-state index in [0.717, 1.165) is 25.9 Å². The van der Waals surface area contributed by atoms with E-state index in [1.807, 2.05) is 5.38 Å². The van der Waals surface area contributed by atoms with Crippen molar-refractivity contribution in [1.82, 2.24) is 5.43 Å². The van der Waals surface area contributed by atoms with E-state index in [2.05, 4.69) is 15.4 Å². The lowest BCUT2D eigenvalue weighted by Gasteiger charge is -2.18. The number of anilines is 1. The van der Waals surface area contributed by atoms with Crippen molar-refractivity contribution in [1.29, 1.82) is 0 Å². The van der Waals surface area contributed by atoms with Crippen molar-refractivity contribution in [2.24, 2.45) is 5.10 Å². The number of hydrogen-bond acceptors (Lipinski definition) is 4. The fourth-order valence-corrected chi connectivity index (χ4v) is 3.06. The van der Waals surface area contributed by atoms with Crippen molar-refractivity contribution >= 4 is 29.1 Å². The highest BCUT2D eigenvalue weighted by atomic mass is 32.1. The molecule has 1 amide bonds. The quantitative estimate of drug-likeness (QED) is 0.695. The molecule has 0 bridgehead atoms. The second kappa shape index (κ2) is 6.70. The highest BCUT2D eigenvalue weighted by molar-refractivity contribution is 7.12. The van der Waals surface area contributed by atoms with Gasteiger partial charge in [0.1, 0.15) is 5.82 Å². The number of thiophene rings is 1. The smallest absolute Gasteiger partial charge is 0.281 e. The summed E-state index contributed by atoms with van der Waals surface area (Å²) >= 11 is 1.34. The molecule has 1 aliphatic heterocycles. The molecule has 4 nitrogen and oxygen atoms in total. The third kappa shape index (κ3) is 3.33. The Hall–Kier alpha value is -2.21. The number of hydrazone groups is 1. The number of hydrogen-bond donors (Lipinski definition) is 1. The van der Waals surface area contributed by atoms with Crippen LogP contribution in [0.25, 0.3) is 0 Å². The fraction of sp³-hybridized carbons (Fsp3) is 0.250. The number of nitrogens with zero attached hydrogens (tertiary/aromatic N) is 2. The minimum Gasteiger partial charge on any atom is -0.369 e. The van der Waals surface area contributed by atoms with Gasteiger partial charge in [-0.05, 0) is 42.0 Å². The Bertz CT molecular complexity index is 679. The van der Waals surface area contributed by atoms with Crippen LogP contribution in [-0.4, -0.2) is 25.2 Å². The molecule has 1 aromatic heterocycles. The lowest BCUT2D eigenvalue weighted by molar-refractivity contribution is 0.0959. The van der Waals surface area contributed by atoms with Gasteiger partial charge in [0.25, 0.3) is 5.91 Å². The van der Waals surface area contributed by atoms with Crippen LogP contribution in [0.15, 0.2) is 40.8 Å². The normalized spacial score (nSPS) is 14.7. The van der Waals surface area contributed by atoms with Crippen molar-refractivity contribution in [3.05, 3.63) is 52.0 Å². The summed E-state index contributed by atoms with van der Waals surface area (Å²) in [6.45, 7) is 1.81. The van der Waals surface area contributed by atoms with Gasteiger partial charge in [-0.3, -0.25) is 4.79 Å². The molecule has 0 aliphatic carbocycles.